The molecule has 5 heteroatoms. The average molecular weight is 255 g/mol. The van der Waals surface area contributed by atoms with Crippen LogP contribution >= 0.6 is 0 Å². The molecule has 3 rings (SSSR count). The van der Waals surface area contributed by atoms with Crippen molar-refractivity contribution in [3.05, 3.63) is 42.7 Å². The summed E-state index contributed by atoms with van der Waals surface area (Å²) < 4.78 is 0. The van der Waals surface area contributed by atoms with Gasteiger partial charge in [-0.1, -0.05) is 0 Å². The second-order valence-electron chi connectivity index (χ2n) is 4.48. The van der Waals surface area contributed by atoms with E-state index in [4.69, 9.17) is 0 Å². The van der Waals surface area contributed by atoms with Crippen molar-refractivity contribution in [2.24, 2.45) is 0 Å². The summed E-state index contributed by atoms with van der Waals surface area (Å²) in [5.74, 6) is 0.623. The minimum Gasteiger partial charge on any atom is -0.369 e. The molecule has 1 aromatic heterocycles. The van der Waals surface area contributed by atoms with Gasteiger partial charge in [-0.25, -0.2) is 9.97 Å². The standard InChI is InChI=1S/C14H17N5/c1-6-16-14(17-7-1)18-12-2-4-13(5-3-12)19-10-8-15-9-11-19/h1-7,15H,8-11H2,(H,16,17,18). The van der Waals surface area contributed by atoms with E-state index in [1.807, 2.05) is 0 Å². The van der Waals surface area contributed by atoms with Crippen LogP contribution in [0.1, 0.15) is 0 Å². The summed E-state index contributed by atoms with van der Waals surface area (Å²) in [5, 5.41) is 6.54. The van der Waals surface area contributed by atoms with Crippen LogP contribution in [0.5, 0.6) is 0 Å². The molecular formula is C14H17N5. The van der Waals surface area contributed by atoms with Crippen LogP contribution in [0.15, 0.2) is 42.7 Å². The van der Waals surface area contributed by atoms with Crippen LogP contribution in [-0.4, -0.2) is 36.1 Å². The van der Waals surface area contributed by atoms with Gasteiger partial charge in [0.2, 0.25) is 5.95 Å². The molecule has 2 aromatic rings. The van der Waals surface area contributed by atoms with Crippen molar-refractivity contribution in [3.63, 3.8) is 0 Å². The summed E-state index contributed by atoms with van der Waals surface area (Å²) in [4.78, 5) is 10.7. The molecule has 1 aliphatic heterocycles. The Morgan fingerprint density at radius 1 is 1.00 bits per heavy atom. The number of nitrogens with one attached hydrogen (secondary N) is 2. The van der Waals surface area contributed by atoms with Crippen molar-refractivity contribution in [3.8, 4) is 0 Å². The van der Waals surface area contributed by atoms with Gasteiger partial charge in [-0.2, -0.15) is 0 Å². The van der Waals surface area contributed by atoms with Gasteiger partial charge in [0.15, 0.2) is 0 Å². The summed E-state index contributed by atoms with van der Waals surface area (Å²) in [6.45, 7) is 4.23. The van der Waals surface area contributed by atoms with Gasteiger partial charge in [-0.05, 0) is 30.3 Å². The topological polar surface area (TPSA) is 53.1 Å². The average Bonchev–Trinajstić information content (AvgIpc) is 2.50. The monoisotopic (exact) mass is 255 g/mol. The summed E-state index contributed by atoms with van der Waals surface area (Å²) in [5.41, 5.74) is 2.27. The van der Waals surface area contributed by atoms with Crippen molar-refractivity contribution in [1.29, 1.82) is 0 Å². The first-order chi connectivity index (χ1) is 9.42. The molecule has 1 aromatic carbocycles. The Hall–Kier alpha value is -2.14. The van der Waals surface area contributed by atoms with E-state index in [-0.39, 0.29) is 0 Å². The minimum atomic E-state index is 0.623. The Bertz CT molecular complexity index is 505. The lowest BCUT2D eigenvalue weighted by atomic mass is 10.2. The van der Waals surface area contributed by atoms with Gasteiger partial charge in [0.25, 0.3) is 0 Å². The fourth-order valence-corrected chi connectivity index (χ4v) is 2.17. The molecule has 0 amide bonds. The molecule has 19 heavy (non-hydrogen) atoms. The summed E-state index contributed by atoms with van der Waals surface area (Å²) in [6, 6.07) is 10.2. The summed E-state index contributed by atoms with van der Waals surface area (Å²) >= 11 is 0. The molecule has 0 bridgehead atoms. The van der Waals surface area contributed by atoms with E-state index in [0.717, 1.165) is 31.9 Å². The van der Waals surface area contributed by atoms with E-state index in [1.165, 1.54) is 5.69 Å². The molecule has 0 radical (unpaired) electrons. The van der Waals surface area contributed by atoms with Gasteiger partial charge >= 0.3 is 0 Å². The second kappa shape index (κ2) is 5.67. The van der Waals surface area contributed by atoms with E-state index >= 15 is 0 Å². The van der Waals surface area contributed by atoms with Crippen LogP contribution in [0.4, 0.5) is 17.3 Å². The van der Waals surface area contributed by atoms with Crippen LogP contribution in [-0.2, 0) is 0 Å². The molecule has 0 spiro atoms. The predicted molar refractivity (Wildman–Crippen MR) is 76.8 cm³/mol. The van der Waals surface area contributed by atoms with Crippen LogP contribution < -0.4 is 15.5 Å². The third kappa shape index (κ3) is 3.00. The number of piperazine rings is 1. The lowest BCUT2D eigenvalue weighted by molar-refractivity contribution is 0.589. The molecule has 1 saturated heterocycles. The maximum absolute atomic E-state index is 4.15. The molecule has 0 aliphatic carbocycles. The summed E-state index contributed by atoms with van der Waals surface area (Å²) in [7, 11) is 0. The van der Waals surface area contributed by atoms with Crippen LogP contribution in [0.3, 0.4) is 0 Å². The highest BCUT2D eigenvalue weighted by Gasteiger charge is 2.09. The Labute approximate surface area is 112 Å². The van der Waals surface area contributed by atoms with Crippen molar-refractivity contribution >= 4 is 17.3 Å². The number of hydrogen-bond donors (Lipinski definition) is 2. The zero-order valence-electron chi connectivity index (χ0n) is 10.7. The fraction of sp³-hybridized carbons (Fsp3) is 0.286. The zero-order chi connectivity index (χ0) is 12.9. The molecule has 1 aliphatic rings. The number of anilines is 3. The number of nitrogens with zero attached hydrogens (tertiary/aromatic N) is 3. The van der Waals surface area contributed by atoms with Gasteiger partial charge in [-0.15, -0.1) is 0 Å². The van der Waals surface area contributed by atoms with Gasteiger partial charge in [-0.3, -0.25) is 0 Å². The normalized spacial score (nSPS) is 15.3. The smallest absolute Gasteiger partial charge is 0.227 e. The molecule has 0 saturated carbocycles. The molecule has 2 N–H and O–H groups in total. The van der Waals surface area contributed by atoms with Crippen molar-refractivity contribution in [2.75, 3.05) is 36.4 Å². The molecular weight excluding hydrogens is 238 g/mol. The number of rotatable bonds is 3. The van der Waals surface area contributed by atoms with E-state index in [9.17, 15) is 0 Å². The highest BCUT2D eigenvalue weighted by atomic mass is 15.2. The van der Waals surface area contributed by atoms with E-state index in [0.29, 0.717) is 5.95 Å². The maximum Gasteiger partial charge on any atom is 0.227 e. The molecule has 1 fully saturated rings. The van der Waals surface area contributed by atoms with E-state index < -0.39 is 0 Å². The molecule has 5 nitrogen and oxygen atoms in total. The van der Waals surface area contributed by atoms with Crippen molar-refractivity contribution < 1.29 is 0 Å². The van der Waals surface area contributed by atoms with E-state index in [2.05, 4.69) is 49.8 Å². The molecule has 98 valence electrons. The van der Waals surface area contributed by atoms with Crippen molar-refractivity contribution in [2.45, 2.75) is 0 Å². The van der Waals surface area contributed by atoms with Crippen molar-refractivity contribution in [1.82, 2.24) is 15.3 Å². The SMILES string of the molecule is c1cnc(Nc2ccc(N3CCNCC3)cc2)nc1. The maximum atomic E-state index is 4.15. The zero-order valence-corrected chi connectivity index (χ0v) is 10.7. The van der Waals surface area contributed by atoms with Gasteiger partial charge in [0.05, 0.1) is 0 Å². The minimum absolute atomic E-state index is 0.623. The Morgan fingerprint density at radius 2 is 1.68 bits per heavy atom. The fourth-order valence-electron chi connectivity index (χ4n) is 2.17. The first-order valence-electron chi connectivity index (χ1n) is 6.51. The van der Waals surface area contributed by atoms with E-state index in [1.54, 1.807) is 18.5 Å². The Kier molecular flexibility index (Phi) is 3.56. The Morgan fingerprint density at radius 3 is 2.37 bits per heavy atom. The molecule has 2 heterocycles. The highest BCUT2D eigenvalue weighted by molar-refractivity contribution is 5.59. The van der Waals surface area contributed by atoms with Crippen LogP contribution in [0.25, 0.3) is 0 Å². The molecule has 0 atom stereocenters. The number of benzene rings is 1. The number of hydrogen-bond acceptors (Lipinski definition) is 5. The summed E-state index contributed by atoms with van der Waals surface area (Å²) in [6.07, 6.45) is 3.45. The third-order valence-electron chi connectivity index (χ3n) is 3.17. The van der Waals surface area contributed by atoms with Crippen LogP contribution in [0.2, 0.25) is 0 Å². The third-order valence-corrected chi connectivity index (χ3v) is 3.17. The number of aromatic nitrogens is 2. The highest BCUT2D eigenvalue weighted by Crippen LogP contribution is 2.19. The van der Waals surface area contributed by atoms with Gasteiger partial charge < -0.3 is 15.5 Å². The lowest BCUT2D eigenvalue weighted by Gasteiger charge is -2.29. The lowest BCUT2D eigenvalue weighted by Crippen LogP contribution is -2.43. The van der Waals surface area contributed by atoms with Crippen LogP contribution in [0, 0.1) is 0 Å². The second-order valence-corrected chi connectivity index (χ2v) is 4.48. The van der Waals surface area contributed by atoms with Gasteiger partial charge in [0, 0.05) is 49.9 Å². The first-order valence-corrected chi connectivity index (χ1v) is 6.51. The first kappa shape index (κ1) is 11.9. The quantitative estimate of drug-likeness (QED) is 0.873. The van der Waals surface area contributed by atoms with Gasteiger partial charge in [0.1, 0.15) is 0 Å². The largest absolute Gasteiger partial charge is 0.369 e. The molecule has 0 unspecified atom stereocenters. The predicted octanol–water partition coefficient (Wildman–Crippen LogP) is 1.63. The Balaban J connectivity index is 1.68.